The Bertz CT molecular complexity index is 1950. The lowest BCUT2D eigenvalue weighted by atomic mass is 9.92. The number of halogens is 9. The Labute approximate surface area is 292 Å². The summed E-state index contributed by atoms with van der Waals surface area (Å²) in [6.07, 6.45) is 1.75. The Kier molecular flexibility index (Phi) is 11.0. The van der Waals surface area contributed by atoms with Crippen LogP contribution in [0.15, 0.2) is 24.3 Å². The third-order valence-corrected chi connectivity index (χ3v) is 9.92. The van der Waals surface area contributed by atoms with E-state index in [-0.39, 0.29) is 32.1 Å². The van der Waals surface area contributed by atoms with Crippen LogP contribution in [0, 0.1) is 101 Å². The second kappa shape index (κ2) is 14.8. The second-order valence-corrected chi connectivity index (χ2v) is 13.8. The molecule has 5 rings (SSSR count). The second-order valence-electron chi connectivity index (χ2n) is 13.8. The number of benzene rings is 4. The summed E-state index contributed by atoms with van der Waals surface area (Å²) in [6, 6.07) is 7.13. The van der Waals surface area contributed by atoms with E-state index in [1.54, 1.807) is 0 Å². The van der Waals surface area contributed by atoms with E-state index >= 15 is 0 Å². The molecule has 2 atom stereocenters. The minimum atomic E-state index is -2.23. The molecule has 0 amide bonds. The first-order valence-electron chi connectivity index (χ1n) is 16.8. The summed E-state index contributed by atoms with van der Waals surface area (Å²) < 4.78 is 132. The monoisotopic (exact) mass is 719 g/mol. The Morgan fingerprint density at radius 2 is 0.902 bits per heavy atom. The lowest BCUT2D eigenvalue weighted by Crippen LogP contribution is -2.39. The third kappa shape index (κ3) is 7.00. The van der Waals surface area contributed by atoms with Gasteiger partial charge in [0.25, 0.3) is 0 Å². The van der Waals surface area contributed by atoms with Gasteiger partial charge in [0, 0.05) is 16.7 Å². The zero-order valence-corrected chi connectivity index (χ0v) is 29.6. The first-order valence-corrected chi connectivity index (χ1v) is 16.8. The maximum atomic E-state index is 14.9. The molecule has 0 saturated carbocycles. The molecule has 1 heterocycles. The van der Waals surface area contributed by atoms with Gasteiger partial charge in [-0.2, -0.15) is 0 Å². The summed E-state index contributed by atoms with van der Waals surface area (Å²) in [5.41, 5.74) is 5.16. The van der Waals surface area contributed by atoms with E-state index in [1.807, 2.05) is 77.0 Å². The van der Waals surface area contributed by atoms with Gasteiger partial charge < -0.3 is 0 Å². The molecule has 2 nitrogen and oxygen atoms in total. The van der Waals surface area contributed by atoms with Gasteiger partial charge in [-0.25, -0.2) is 49.0 Å². The SMILES string of the molecule is Cc1cc(C)c(N2C=[N+](c3c(C)cc(C)cc3C)C(CCCc3c(F)c(F)c(C)c(F)c3F)C2CCCc2c(F)c(F)c(F)c(F)c2F)c(C)c1. The van der Waals surface area contributed by atoms with Crippen LogP contribution >= 0.6 is 0 Å². The molecule has 1 aliphatic heterocycles. The molecular weight excluding hydrogens is 679 g/mol. The van der Waals surface area contributed by atoms with Crippen molar-refractivity contribution in [2.75, 3.05) is 4.90 Å². The summed E-state index contributed by atoms with van der Waals surface area (Å²) in [5, 5.41) is 0. The lowest BCUT2D eigenvalue weighted by molar-refractivity contribution is -0.476. The van der Waals surface area contributed by atoms with Gasteiger partial charge in [0.1, 0.15) is 23.5 Å². The van der Waals surface area contributed by atoms with E-state index in [0.717, 1.165) is 51.7 Å². The summed E-state index contributed by atoms with van der Waals surface area (Å²) in [6.45, 7) is 12.7. The Morgan fingerprint density at radius 3 is 1.37 bits per heavy atom. The van der Waals surface area contributed by atoms with E-state index in [9.17, 15) is 39.5 Å². The smallest absolute Gasteiger partial charge is 0.226 e. The van der Waals surface area contributed by atoms with Crippen LogP contribution in [-0.4, -0.2) is 23.0 Å². The molecule has 51 heavy (non-hydrogen) atoms. The maximum absolute atomic E-state index is 14.9. The highest BCUT2D eigenvalue weighted by Gasteiger charge is 2.45. The topological polar surface area (TPSA) is 6.25 Å². The Balaban J connectivity index is 1.59. The highest BCUT2D eigenvalue weighted by atomic mass is 19.2. The molecular formula is C40H40F9N2+. The minimum absolute atomic E-state index is 0.0190. The maximum Gasteiger partial charge on any atom is 0.245 e. The van der Waals surface area contributed by atoms with Crippen LogP contribution in [0.2, 0.25) is 0 Å². The van der Waals surface area contributed by atoms with Crippen LogP contribution in [0.25, 0.3) is 0 Å². The van der Waals surface area contributed by atoms with Gasteiger partial charge in [-0.1, -0.05) is 35.4 Å². The van der Waals surface area contributed by atoms with Crippen LogP contribution in [0.1, 0.15) is 75.8 Å². The quantitative estimate of drug-likeness (QED) is 0.0685. The minimum Gasteiger partial charge on any atom is -0.226 e. The molecule has 0 saturated heterocycles. The van der Waals surface area contributed by atoms with Crippen LogP contribution in [0.4, 0.5) is 50.9 Å². The highest BCUT2D eigenvalue weighted by Crippen LogP contribution is 2.39. The summed E-state index contributed by atoms with van der Waals surface area (Å²) >= 11 is 0. The summed E-state index contributed by atoms with van der Waals surface area (Å²) in [7, 11) is 0. The summed E-state index contributed by atoms with van der Waals surface area (Å²) in [4.78, 5) is 2.04. The van der Waals surface area contributed by atoms with Gasteiger partial charge in [-0.15, -0.1) is 0 Å². The van der Waals surface area contributed by atoms with Gasteiger partial charge in [0.2, 0.25) is 12.2 Å². The molecule has 0 radical (unpaired) electrons. The molecule has 0 N–H and O–H groups in total. The van der Waals surface area contributed by atoms with E-state index < -0.39 is 87.5 Å². The molecule has 0 aliphatic carbocycles. The zero-order valence-electron chi connectivity index (χ0n) is 29.6. The van der Waals surface area contributed by atoms with Crippen LogP contribution < -0.4 is 4.90 Å². The van der Waals surface area contributed by atoms with Crippen molar-refractivity contribution >= 4 is 17.7 Å². The molecule has 2 unspecified atom stereocenters. The molecule has 11 heteroatoms. The number of rotatable bonds is 10. The van der Waals surface area contributed by atoms with Crippen LogP contribution in [0.5, 0.6) is 0 Å². The van der Waals surface area contributed by atoms with Crippen LogP contribution in [0.3, 0.4) is 0 Å². The van der Waals surface area contributed by atoms with Gasteiger partial charge in [-0.3, -0.25) is 0 Å². The Morgan fingerprint density at radius 1 is 0.510 bits per heavy atom. The average Bonchev–Trinajstić information content (AvgIpc) is 3.39. The first-order chi connectivity index (χ1) is 24.0. The molecule has 0 spiro atoms. The molecule has 4 aromatic rings. The van der Waals surface area contributed by atoms with Crippen molar-refractivity contribution < 1.29 is 44.1 Å². The third-order valence-electron chi connectivity index (χ3n) is 9.92. The predicted molar refractivity (Wildman–Crippen MR) is 180 cm³/mol. The molecule has 4 aromatic carbocycles. The standard InChI is InChI=1S/C40H40F9N2/c1-19-14-21(3)39(22(4)15-19)50-18-51(40-23(5)16-20(2)17-24(40)6)29(13-9-11-27-34(45)36(47)38(49)37(48)35(27)46)28(50)12-8-10-26-32(43)30(41)25(7)31(42)33(26)44/h14-18,28-29H,8-13H2,1-7H3/q+1. The van der Waals surface area contributed by atoms with Crippen LogP contribution in [-0.2, 0) is 12.8 Å². The number of nitrogens with zero attached hydrogens (tertiary/aromatic N) is 2. The van der Waals surface area contributed by atoms with Gasteiger partial charge in [0.15, 0.2) is 46.5 Å². The molecule has 0 aromatic heterocycles. The van der Waals surface area contributed by atoms with Crippen molar-refractivity contribution in [3.05, 3.63) is 127 Å². The van der Waals surface area contributed by atoms with Crippen molar-refractivity contribution in [3.8, 4) is 0 Å². The van der Waals surface area contributed by atoms with E-state index in [1.165, 1.54) is 0 Å². The normalized spacial score (nSPS) is 16.0. The first kappa shape index (κ1) is 38.0. The number of hydrogen-bond acceptors (Lipinski definition) is 1. The predicted octanol–water partition coefficient (Wildman–Crippen LogP) is 11.1. The average molecular weight is 720 g/mol. The van der Waals surface area contributed by atoms with E-state index in [2.05, 4.69) is 4.58 Å². The summed E-state index contributed by atoms with van der Waals surface area (Å²) in [5.74, 6) is -15.8. The van der Waals surface area contributed by atoms with Gasteiger partial charge >= 0.3 is 0 Å². The van der Waals surface area contributed by atoms with Crippen molar-refractivity contribution in [3.63, 3.8) is 0 Å². The number of anilines is 1. The van der Waals surface area contributed by atoms with Crippen molar-refractivity contribution in [1.82, 2.24) is 0 Å². The van der Waals surface area contributed by atoms with E-state index in [4.69, 9.17) is 0 Å². The number of aryl methyl sites for hydroxylation is 6. The molecule has 0 bridgehead atoms. The molecule has 0 fully saturated rings. The fourth-order valence-electron chi connectivity index (χ4n) is 7.80. The van der Waals surface area contributed by atoms with Crippen molar-refractivity contribution in [1.29, 1.82) is 0 Å². The highest BCUT2D eigenvalue weighted by molar-refractivity contribution is 5.83. The molecule has 272 valence electrons. The fourth-order valence-corrected chi connectivity index (χ4v) is 7.80. The fraction of sp³-hybridized carbons (Fsp3) is 0.375. The Hall–Kier alpha value is -4.28. The largest absolute Gasteiger partial charge is 0.245 e. The zero-order chi connectivity index (χ0) is 37.6. The molecule has 1 aliphatic rings. The van der Waals surface area contributed by atoms with Gasteiger partial charge in [0.05, 0.1) is 0 Å². The van der Waals surface area contributed by atoms with Gasteiger partial charge in [-0.05, 0) is 109 Å². The van der Waals surface area contributed by atoms with E-state index in [0.29, 0.717) is 0 Å². The van der Waals surface area contributed by atoms with Crippen molar-refractivity contribution in [2.24, 2.45) is 0 Å². The lowest BCUT2D eigenvalue weighted by Gasteiger charge is -2.26. The number of hydrogen-bond donors (Lipinski definition) is 0. The van der Waals surface area contributed by atoms with Crippen molar-refractivity contribution in [2.45, 2.75) is 99.1 Å².